The highest BCUT2D eigenvalue weighted by Gasteiger charge is 2.27. The topological polar surface area (TPSA) is 47.3 Å². The SMILES string of the molecule is CC[C@@H]1CCCN(C(=O)C2=CCN(c3ccc(C)cc3)C(c3ccc(C#N)c(F)c3)=C2)C1. The number of anilines is 1. The van der Waals surface area contributed by atoms with Crippen molar-refractivity contribution in [1.82, 2.24) is 4.90 Å². The van der Waals surface area contributed by atoms with Gasteiger partial charge in [-0.3, -0.25) is 4.79 Å². The van der Waals surface area contributed by atoms with Gasteiger partial charge in [-0.2, -0.15) is 5.26 Å². The predicted octanol–water partition coefficient (Wildman–Crippen LogP) is 5.44. The van der Waals surface area contributed by atoms with Gasteiger partial charge in [-0.15, -0.1) is 0 Å². The maximum Gasteiger partial charge on any atom is 0.253 e. The van der Waals surface area contributed by atoms with Crippen molar-refractivity contribution < 1.29 is 9.18 Å². The molecule has 1 atom stereocenters. The zero-order valence-corrected chi connectivity index (χ0v) is 18.6. The molecular weight excluding hydrogens is 401 g/mol. The molecule has 2 aliphatic heterocycles. The summed E-state index contributed by atoms with van der Waals surface area (Å²) in [6.45, 7) is 6.30. The number of piperidine rings is 1. The van der Waals surface area contributed by atoms with E-state index in [2.05, 4.69) is 11.8 Å². The summed E-state index contributed by atoms with van der Waals surface area (Å²) in [5.41, 5.74) is 4.18. The van der Waals surface area contributed by atoms with E-state index in [1.54, 1.807) is 6.07 Å². The van der Waals surface area contributed by atoms with Gasteiger partial charge < -0.3 is 9.80 Å². The van der Waals surface area contributed by atoms with Crippen LogP contribution in [0.5, 0.6) is 0 Å². The van der Waals surface area contributed by atoms with Crippen LogP contribution in [0.3, 0.4) is 0 Å². The molecule has 0 aliphatic carbocycles. The molecule has 4 nitrogen and oxygen atoms in total. The highest BCUT2D eigenvalue weighted by Crippen LogP contribution is 2.32. The van der Waals surface area contributed by atoms with Gasteiger partial charge in [0.1, 0.15) is 11.9 Å². The van der Waals surface area contributed by atoms with Crippen LogP contribution in [-0.2, 0) is 4.79 Å². The smallest absolute Gasteiger partial charge is 0.253 e. The Labute approximate surface area is 189 Å². The van der Waals surface area contributed by atoms with Crippen molar-refractivity contribution in [2.75, 3.05) is 24.5 Å². The maximum atomic E-state index is 14.5. The third-order valence-electron chi connectivity index (χ3n) is 6.44. The van der Waals surface area contributed by atoms with Gasteiger partial charge in [-0.1, -0.05) is 43.2 Å². The van der Waals surface area contributed by atoms with Crippen molar-refractivity contribution in [3.8, 4) is 6.07 Å². The molecule has 2 heterocycles. The van der Waals surface area contributed by atoms with E-state index in [0.717, 1.165) is 42.9 Å². The van der Waals surface area contributed by atoms with Crippen molar-refractivity contribution in [3.05, 3.63) is 82.7 Å². The normalized spacial score (nSPS) is 18.6. The first-order valence-corrected chi connectivity index (χ1v) is 11.3. The van der Waals surface area contributed by atoms with E-state index in [1.807, 2.05) is 54.3 Å². The highest BCUT2D eigenvalue weighted by molar-refractivity contribution is 6.00. The van der Waals surface area contributed by atoms with Gasteiger partial charge in [0.15, 0.2) is 0 Å². The number of amides is 1. The lowest BCUT2D eigenvalue weighted by Crippen LogP contribution is -2.41. The monoisotopic (exact) mass is 429 g/mol. The molecule has 1 fully saturated rings. The molecule has 0 radical (unpaired) electrons. The average Bonchev–Trinajstić information content (AvgIpc) is 2.83. The third-order valence-corrected chi connectivity index (χ3v) is 6.44. The van der Waals surface area contributed by atoms with Crippen LogP contribution < -0.4 is 4.90 Å². The minimum atomic E-state index is -0.556. The standard InChI is InChI=1S/C27H28FN3O/c1-3-20-5-4-13-30(18-20)27(32)22-12-14-31(24-10-6-19(2)7-11-24)26(16-22)21-8-9-23(17-29)25(28)15-21/h6-12,15-16,20H,3-5,13-14,18H2,1-2H3/t20-/m1/s1. The Hall–Kier alpha value is -3.39. The third kappa shape index (κ3) is 4.45. The van der Waals surface area contributed by atoms with Gasteiger partial charge in [-0.25, -0.2) is 4.39 Å². The zero-order chi connectivity index (χ0) is 22.7. The number of benzene rings is 2. The zero-order valence-electron chi connectivity index (χ0n) is 18.6. The molecule has 2 aromatic carbocycles. The largest absolute Gasteiger partial charge is 0.338 e. The Morgan fingerprint density at radius 1 is 1.22 bits per heavy atom. The number of halogens is 1. The number of hydrogen-bond acceptors (Lipinski definition) is 3. The lowest BCUT2D eigenvalue weighted by Gasteiger charge is -2.35. The van der Waals surface area contributed by atoms with E-state index >= 15 is 0 Å². The molecule has 0 aromatic heterocycles. The summed E-state index contributed by atoms with van der Waals surface area (Å²) in [6.07, 6.45) is 7.11. The summed E-state index contributed by atoms with van der Waals surface area (Å²) in [5.74, 6) is 0.0364. The molecule has 2 aromatic rings. The van der Waals surface area contributed by atoms with E-state index in [9.17, 15) is 9.18 Å². The Bertz CT molecular complexity index is 1110. The molecular formula is C27H28FN3O. The molecule has 32 heavy (non-hydrogen) atoms. The van der Waals surface area contributed by atoms with Gasteiger partial charge >= 0.3 is 0 Å². The number of carbonyl (C=O) groups is 1. The second-order valence-electron chi connectivity index (χ2n) is 8.61. The van der Waals surface area contributed by atoms with E-state index in [-0.39, 0.29) is 11.5 Å². The van der Waals surface area contributed by atoms with Crippen LogP contribution in [0.15, 0.2) is 60.2 Å². The first-order chi connectivity index (χ1) is 15.5. The minimum absolute atomic E-state index is 0.0119. The van der Waals surface area contributed by atoms with Crippen LogP contribution >= 0.6 is 0 Å². The molecule has 164 valence electrons. The highest BCUT2D eigenvalue weighted by atomic mass is 19.1. The van der Waals surface area contributed by atoms with Crippen LogP contribution in [0.1, 0.15) is 42.9 Å². The molecule has 0 unspecified atom stereocenters. The second-order valence-corrected chi connectivity index (χ2v) is 8.61. The van der Waals surface area contributed by atoms with Crippen LogP contribution in [0.4, 0.5) is 10.1 Å². The first-order valence-electron chi connectivity index (χ1n) is 11.3. The van der Waals surface area contributed by atoms with Crippen LogP contribution in [0.25, 0.3) is 5.70 Å². The summed E-state index contributed by atoms with van der Waals surface area (Å²) < 4.78 is 14.5. The van der Waals surface area contributed by atoms with Crippen molar-refractivity contribution >= 4 is 17.3 Å². The summed E-state index contributed by atoms with van der Waals surface area (Å²) in [7, 11) is 0. The molecule has 4 rings (SSSR count). The summed E-state index contributed by atoms with van der Waals surface area (Å²) in [5, 5.41) is 9.10. The lowest BCUT2D eigenvalue weighted by atomic mass is 9.94. The fourth-order valence-electron chi connectivity index (χ4n) is 4.46. The fraction of sp³-hybridized carbons (Fsp3) is 0.333. The van der Waals surface area contributed by atoms with Gasteiger partial charge in [-0.05, 0) is 56.0 Å². The Morgan fingerprint density at radius 2 is 2.00 bits per heavy atom. The fourth-order valence-corrected chi connectivity index (χ4v) is 4.46. The Balaban J connectivity index is 1.70. The van der Waals surface area contributed by atoms with Crippen LogP contribution in [0.2, 0.25) is 0 Å². The Morgan fingerprint density at radius 3 is 2.69 bits per heavy atom. The number of nitrogens with zero attached hydrogens (tertiary/aromatic N) is 3. The molecule has 0 bridgehead atoms. The minimum Gasteiger partial charge on any atom is -0.338 e. The number of hydrogen-bond donors (Lipinski definition) is 0. The van der Waals surface area contributed by atoms with E-state index in [1.165, 1.54) is 18.6 Å². The quantitative estimate of drug-likeness (QED) is 0.650. The summed E-state index contributed by atoms with van der Waals surface area (Å²) in [4.78, 5) is 17.4. The molecule has 1 amide bonds. The van der Waals surface area contributed by atoms with Gasteiger partial charge in [0.2, 0.25) is 0 Å². The maximum absolute atomic E-state index is 14.5. The second kappa shape index (κ2) is 9.40. The molecule has 0 N–H and O–H groups in total. The summed E-state index contributed by atoms with van der Waals surface area (Å²) in [6, 6.07) is 14.6. The van der Waals surface area contributed by atoms with Gasteiger partial charge in [0.25, 0.3) is 5.91 Å². The molecule has 5 heteroatoms. The van der Waals surface area contributed by atoms with Gasteiger partial charge in [0.05, 0.1) is 5.56 Å². The average molecular weight is 430 g/mol. The van der Waals surface area contributed by atoms with Crippen molar-refractivity contribution in [1.29, 1.82) is 5.26 Å². The molecule has 2 aliphatic rings. The lowest BCUT2D eigenvalue weighted by molar-refractivity contribution is -0.128. The van der Waals surface area contributed by atoms with E-state index < -0.39 is 5.82 Å². The van der Waals surface area contributed by atoms with Crippen molar-refractivity contribution in [2.24, 2.45) is 5.92 Å². The van der Waals surface area contributed by atoms with Gasteiger partial charge in [0, 0.05) is 42.2 Å². The van der Waals surface area contributed by atoms with Crippen molar-refractivity contribution in [3.63, 3.8) is 0 Å². The number of carbonyl (C=O) groups excluding carboxylic acids is 1. The number of aryl methyl sites for hydroxylation is 1. The van der Waals surface area contributed by atoms with E-state index in [0.29, 0.717) is 23.6 Å². The van der Waals surface area contributed by atoms with E-state index in [4.69, 9.17) is 5.26 Å². The molecule has 1 saturated heterocycles. The number of likely N-dealkylation sites (tertiary alicyclic amines) is 1. The number of rotatable bonds is 4. The Kier molecular flexibility index (Phi) is 6.41. The number of nitriles is 1. The first kappa shape index (κ1) is 21.8. The van der Waals surface area contributed by atoms with Crippen LogP contribution in [-0.4, -0.2) is 30.4 Å². The summed E-state index contributed by atoms with van der Waals surface area (Å²) >= 11 is 0. The van der Waals surface area contributed by atoms with Crippen LogP contribution in [0, 0.1) is 30.0 Å². The predicted molar refractivity (Wildman–Crippen MR) is 125 cm³/mol. The molecule has 0 spiro atoms. The molecule has 0 saturated carbocycles. The van der Waals surface area contributed by atoms with Crippen molar-refractivity contribution in [2.45, 2.75) is 33.1 Å².